The molecule has 10 rings (SSSR count). The van der Waals surface area contributed by atoms with E-state index in [0.717, 1.165) is 116 Å². The maximum Gasteiger partial charge on any atom is 0.320 e. The van der Waals surface area contributed by atoms with Crippen LogP contribution in [0.2, 0.25) is 0 Å². The van der Waals surface area contributed by atoms with Gasteiger partial charge in [0.2, 0.25) is 11.8 Å². The summed E-state index contributed by atoms with van der Waals surface area (Å²) in [7, 11) is 0. The molecule has 1 atom stereocenters. The summed E-state index contributed by atoms with van der Waals surface area (Å²) in [5, 5.41) is 8.04. The van der Waals surface area contributed by atoms with Crippen molar-refractivity contribution in [3.05, 3.63) is 95.8 Å². The fourth-order valence-electron chi connectivity index (χ4n) is 10.3. The van der Waals surface area contributed by atoms with Gasteiger partial charge in [0.15, 0.2) is 5.65 Å². The molecule has 0 aliphatic carbocycles. The maximum atomic E-state index is 13.8. The number of carbonyl (C=O) groups excluding carboxylic acids is 5. The first-order valence-corrected chi connectivity index (χ1v) is 22.6. The lowest BCUT2D eigenvalue weighted by atomic mass is 9.87. The molecule has 3 aromatic carbocycles. The summed E-state index contributed by atoms with van der Waals surface area (Å²) in [5.41, 5.74) is 10.4. The number of carbonyl (C=O) groups is 5. The van der Waals surface area contributed by atoms with Crippen LogP contribution in [0.5, 0.6) is 11.5 Å². The number of para-hydroxylation sites is 1. The topological polar surface area (TPSA) is 189 Å². The van der Waals surface area contributed by atoms with Gasteiger partial charge in [-0.3, -0.25) is 29.4 Å². The van der Waals surface area contributed by atoms with Gasteiger partial charge >= 0.3 is 6.03 Å². The van der Waals surface area contributed by atoms with Crippen LogP contribution in [-0.4, -0.2) is 121 Å². The Morgan fingerprint density at radius 2 is 1.44 bits per heavy atom. The Morgan fingerprint density at radius 1 is 0.750 bits per heavy atom. The zero-order chi connectivity index (χ0) is 43.9. The molecule has 1 unspecified atom stereocenters. The predicted molar refractivity (Wildman–Crippen MR) is 237 cm³/mol. The smallest absolute Gasteiger partial charge is 0.320 e. The van der Waals surface area contributed by atoms with Gasteiger partial charge in [-0.15, -0.1) is 0 Å². The van der Waals surface area contributed by atoms with Crippen LogP contribution in [0.25, 0.3) is 22.3 Å². The number of piperidine rings is 4. The van der Waals surface area contributed by atoms with Crippen molar-refractivity contribution in [3.8, 4) is 22.8 Å². The van der Waals surface area contributed by atoms with E-state index in [0.29, 0.717) is 41.6 Å². The van der Waals surface area contributed by atoms with Crippen LogP contribution in [0.4, 0.5) is 10.6 Å². The lowest BCUT2D eigenvalue weighted by Gasteiger charge is -2.39. The van der Waals surface area contributed by atoms with E-state index in [4.69, 9.17) is 15.6 Å². The molecule has 7 heterocycles. The predicted octanol–water partition coefficient (Wildman–Crippen LogP) is 6.01. The van der Waals surface area contributed by atoms with Crippen molar-refractivity contribution in [2.75, 3.05) is 51.5 Å². The Balaban J connectivity index is 0.680. The lowest BCUT2D eigenvalue weighted by molar-refractivity contribution is -0.136. The molecular formula is C48H52N10O6. The highest BCUT2D eigenvalue weighted by atomic mass is 16.5. The minimum absolute atomic E-state index is 0.0622. The molecule has 0 spiro atoms. The molecule has 0 saturated carbocycles. The zero-order valence-corrected chi connectivity index (χ0v) is 35.7. The number of rotatable bonds is 9. The lowest BCUT2D eigenvalue weighted by Crippen LogP contribution is -2.54. The van der Waals surface area contributed by atoms with Crippen LogP contribution in [0, 0.1) is 5.92 Å². The zero-order valence-electron chi connectivity index (χ0n) is 35.7. The average molecular weight is 865 g/mol. The second-order valence-corrected chi connectivity index (χ2v) is 17.8. The number of ether oxygens (including phenoxy) is 1. The van der Waals surface area contributed by atoms with Crippen molar-refractivity contribution < 1.29 is 28.7 Å². The molecule has 4 fully saturated rings. The summed E-state index contributed by atoms with van der Waals surface area (Å²) in [4.78, 5) is 80.9. The standard InChI is InChI=1S/C48H52N10O6/c49-43-41-42(32-6-9-36(10-7-32)64-35-4-2-1-3-5-35)53-58(44(41)51-29-50-43)34-19-26-56(27-20-34)48(63)55-24-15-30(16-25-55)14-21-54-22-17-31(18-23-54)33-8-11-37-38(28-33)47(62)57(46(37)61)39-12-13-40(59)52-45(39)60/h1-11,28-31,34,39H,12-27H2,(H2,49,50,51)(H,52,59,60). The summed E-state index contributed by atoms with van der Waals surface area (Å²) in [5.74, 6) is 0.795. The Bertz CT molecular complexity index is 2590. The molecule has 0 bridgehead atoms. The van der Waals surface area contributed by atoms with Crippen molar-refractivity contribution in [1.29, 1.82) is 0 Å². The molecule has 330 valence electrons. The number of nitrogens with one attached hydrogen (secondary N) is 1. The number of hydrogen-bond donors (Lipinski definition) is 2. The van der Waals surface area contributed by atoms with Gasteiger partial charge in [-0.05, 0) is 137 Å². The van der Waals surface area contributed by atoms with Gasteiger partial charge < -0.3 is 25.2 Å². The molecule has 16 heteroatoms. The number of nitrogens with two attached hydrogens (primary N) is 1. The quantitative estimate of drug-likeness (QED) is 0.165. The molecule has 0 radical (unpaired) electrons. The Kier molecular flexibility index (Phi) is 11.3. The number of likely N-dealkylation sites (tertiary alicyclic amines) is 3. The van der Waals surface area contributed by atoms with E-state index in [1.165, 1.54) is 6.33 Å². The van der Waals surface area contributed by atoms with Crippen molar-refractivity contribution in [1.82, 2.24) is 44.7 Å². The summed E-state index contributed by atoms with van der Waals surface area (Å²) in [6.07, 6.45) is 8.26. The third-order valence-corrected chi connectivity index (χ3v) is 14.0. The van der Waals surface area contributed by atoms with E-state index >= 15 is 0 Å². The fraction of sp³-hybridized carbons (Fsp3) is 0.417. The summed E-state index contributed by atoms with van der Waals surface area (Å²) < 4.78 is 7.98. The van der Waals surface area contributed by atoms with Gasteiger partial charge in [-0.1, -0.05) is 24.3 Å². The van der Waals surface area contributed by atoms with Gasteiger partial charge in [-0.25, -0.2) is 19.4 Å². The number of fused-ring (bicyclic) bond motifs is 2. The average Bonchev–Trinajstić information content (AvgIpc) is 3.84. The molecule has 5 aliphatic heterocycles. The first-order chi connectivity index (χ1) is 31.2. The van der Waals surface area contributed by atoms with E-state index in [1.807, 2.05) is 81.2 Å². The molecule has 4 saturated heterocycles. The van der Waals surface area contributed by atoms with Crippen LogP contribution in [0.1, 0.15) is 96.0 Å². The van der Waals surface area contributed by atoms with Crippen LogP contribution in [-0.2, 0) is 9.59 Å². The highest BCUT2D eigenvalue weighted by molar-refractivity contribution is 6.23. The molecule has 16 nitrogen and oxygen atoms in total. The van der Waals surface area contributed by atoms with E-state index in [1.54, 1.807) is 6.07 Å². The van der Waals surface area contributed by atoms with Crippen molar-refractivity contribution >= 4 is 46.5 Å². The van der Waals surface area contributed by atoms with Crippen molar-refractivity contribution in [2.24, 2.45) is 5.92 Å². The Hall–Kier alpha value is -6.68. The molecule has 64 heavy (non-hydrogen) atoms. The fourth-order valence-corrected chi connectivity index (χ4v) is 10.3. The normalized spacial score (nSPS) is 20.6. The number of hydrogen-bond acceptors (Lipinski definition) is 11. The minimum atomic E-state index is -0.964. The van der Waals surface area contributed by atoms with Gasteiger partial charge in [0.25, 0.3) is 11.8 Å². The highest BCUT2D eigenvalue weighted by Gasteiger charge is 2.45. The largest absolute Gasteiger partial charge is 0.457 e. The van der Waals surface area contributed by atoms with E-state index in [9.17, 15) is 24.0 Å². The van der Waals surface area contributed by atoms with E-state index in [2.05, 4.69) is 20.2 Å². The van der Waals surface area contributed by atoms with Gasteiger partial charge in [-0.2, -0.15) is 5.10 Å². The van der Waals surface area contributed by atoms with Crippen molar-refractivity contribution in [2.45, 2.75) is 75.8 Å². The minimum Gasteiger partial charge on any atom is -0.457 e. The monoisotopic (exact) mass is 864 g/mol. The molecule has 5 aliphatic rings. The number of aromatic nitrogens is 4. The second-order valence-electron chi connectivity index (χ2n) is 17.8. The SMILES string of the molecule is Nc1ncnc2c1c(-c1ccc(Oc3ccccc3)cc1)nn2C1CCN(C(=O)N2CCC(CCN3CCC(c4ccc5c(c4)C(=O)N(C4CCC(=O)NC4=O)C5=O)CC3)CC2)CC1. The number of nitrogen functional groups attached to an aromatic ring is 1. The van der Waals surface area contributed by atoms with Crippen LogP contribution >= 0.6 is 0 Å². The number of anilines is 1. The third-order valence-electron chi connectivity index (χ3n) is 14.0. The molecule has 5 aromatic rings. The first-order valence-electron chi connectivity index (χ1n) is 22.6. The Morgan fingerprint density at radius 3 is 2.16 bits per heavy atom. The summed E-state index contributed by atoms with van der Waals surface area (Å²) in [6, 6.07) is 22.2. The highest BCUT2D eigenvalue weighted by Crippen LogP contribution is 2.37. The number of imide groups is 2. The van der Waals surface area contributed by atoms with Gasteiger partial charge in [0.05, 0.1) is 22.6 Å². The van der Waals surface area contributed by atoms with Crippen LogP contribution in [0.15, 0.2) is 79.1 Å². The van der Waals surface area contributed by atoms with E-state index < -0.39 is 23.8 Å². The molecular weight excluding hydrogens is 813 g/mol. The second kappa shape index (κ2) is 17.5. The number of benzene rings is 3. The number of nitrogens with zero attached hydrogens (tertiary/aromatic N) is 8. The molecule has 2 aromatic heterocycles. The summed E-state index contributed by atoms with van der Waals surface area (Å²) >= 11 is 0. The number of urea groups is 1. The maximum absolute atomic E-state index is 13.8. The number of amides is 6. The van der Waals surface area contributed by atoms with Crippen LogP contribution < -0.4 is 15.8 Å². The van der Waals surface area contributed by atoms with Gasteiger partial charge in [0, 0.05) is 38.2 Å². The summed E-state index contributed by atoms with van der Waals surface area (Å²) in [6.45, 7) is 5.75. The van der Waals surface area contributed by atoms with Crippen LogP contribution in [0.3, 0.4) is 0 Å². The Labute approximate surface area is 370 Å². The van der Waals surface area contributed by atoms with E-state index in [-0.39, 0.29) is 36.7 Å². The first kappa shape index (κ1) is 41.3. The third kappa shape index (κ3) is 8.06. The molecule has 3 N–H and O–H groups in total. The van der Waals surface area contributed by atoms with Crippen molar-refractivity contribution in [3.63, 3.8) is 0 Å². The van der Waals surface area contributed by atoms with Gasteiger partial charge in [0.1, 0.15) is 35.4 Å². The molecule has 6 amide bonds.